The first-order valence-electron chi connectivity index (χ1n) is 18.8. The zero-order valence-corrected chi connectivity index (χ0v) is 33.7. The van der Waals surface area contributed by atoms with E-state index in [2.05, 4.69) is 107 Å². The van der Waals surface area contributed by atoms with Gasteiger partial charge in [-0.3, -0.25) is 9.59 Å². The molecular formula is C39H68O5Si2. The van der Waals surface area contributed by atoms with Crippen LogP contribution in [-0.2, 0) is 23.2 Å². The van der Waals surface area contributed by atoms with E-state index < -0.39 is 16.6 Å². The number of hydrogen-bond acceptors (Lipinski definition) is 5. The fourth-order valence-electron chi connectivity index (χ4n) is 9.60. The minimum atomic E-state index is -2.21. The molecule has 7 heteroatoms. The molecular weight excluding hydrogens is 605 g/mol. The number of ketones is 1. The third kappa shape index (κ3) is 7.43. The molecule has 3 aliphatic carbocycles. The van der Waals surface area contributed by atoms with Crippen molar-refractivity contribution in [3.63, 3.8) is 0 Å². The molecule has 4 aliphatic rings. The number of Topliss-reactive ketones (excluding diaryl/α,β-unsaturated/α-hetero) is 1. The molecule has 5 nitrogen and oxygen atoms in total. The Bertz CT molecular complexity index is 1130. The first kappa shape index (κ1) is 37.8. The van der Waals surface area contributed by atoms with Gasteiger partial charge in [-0.1, -0.05) is 94.4 Å². The zero-order chi connectivity index (χ0) is 34.4. The van der Waals surface area contributed by atoms with Crippen molar-refractivity contribution in [1.29, 1.82) is 0 Å². The Balaban J connectivity index is 1.68. The summed E-state index contributed by atoms with van der Waals surface area (Å²) in [6.45, 7) is 29.8. The van der Waals surface area contributed by atoms with Gasteiger partial charge in [-0.05, 0) is 103 Å². The van der Waals surface area contributed by atoms with Crippen molar-refractivity contribution < 1.29 is 23.2 Å². The van der Waals surface area contributed by atoms with E-state index in [0.29, 0.717) is 28.5 Å². The first-order chi connectivity index (χ1) is 21.3. The van der Waals surface area contributed by atoms with Gasteiger partial charge in [0.1, 0.15) is 6.10 Å². The van der Waals surface area contributed by atoms with E-state index in [1.54, 1.807) is 0 Å². The minimum absolute atomic E-state index is 0.0835. The maximum atomic E-state index is 14.7. The van der Waals surface area contributed by atoms with E-state index in [1.807, 2.05) is 0 Å². The molecule has 2 fully saturated rings. The van der Waals surface area contributed by atoms with Crippen LogP contribution in [0.15, 0.2) is 23.8 Å². The van der Waals surface area contributed by atoms with E-state index in [4.69, 9.17) is 13.6 Å². The number of allylic oxidation sites excluding steroid dienone is 4. The third-order valence-electron chi connectivity index (χ3n) is 13.1. The molecule has 9 atom stereocenters. The van der Waals surface area contributed by atoms with Crippen LogP contribution >= 0.6 is 0 Å². The third-order valence-corrected chi connectivity index (χ3v) is 23.8. The lowest BCUT2D eigenvalue weighted by Crippen LogP contribution is -2.52. The molecule has 1 heterocycles. The Morgan fingerprint density at radius 2 is 1.54 bits per heavy atom. The molecule has 0 N–H and O–H groups in total. The molecule has 0 spiro atoms. The molecule has 0 unspecified atom stereocenters. The zero-order valence-electron chi connectivity index (χ0n) is 31.7. The summed E-state index contributed by atoms with van der Waals surface area (Å²) in [6.07, 6.45) is 12.8. The van der Waals surface area contributed by atoms with E-state index in [1.165, 1.54) is 0 Å². The smallest absolute Gasteiger partial charge is 0.306 e. The number of ether oxygens (including phenoxy) is 1. The van der Waals surface area contributed by atoms with Crippen LogP contribution in [0.1, 0.15) is 121 Å². The largest absolute Gasteiger partial charge is 0.462 e. The van der Waals surface area contributed by atoms with Crippen LogP contribution in [0.3, 0.4) is 0 Å². The summed E-state index contributed by atoms with van der Waals surface area (Å²) in [7, 11) is -4.10. The van der Waals surface area contributed by atoms with Gasteiger partial charge in [0.25, 0.3) is 0 Å². The molecule has 0 aromatic rings. The van der Waals surface area contributed by atoms with Crippen molar-refractivity contribution in [2.24, 2.45) is 35.5 Å². The molecule has 1 saturated heterocycles. The molecule has 46 heavy (non-hydrogen) atoms. The second kappa shape index (κ2) is 14.4. The maximum Gasteiger partial charge on any atom is 0.306 e. The lowest BCUT2D eigenvalue weighted by Gasteiger charge is -2.46. The molecule has 1 aliphatic heterocycles. The molecule has 0 aromatic carbocycles. The Morgan fingerprint density at radius 3 is 2.11 bits per heavy atom. The molecule has 0 aromatic heterocycles. The SMILES string of the molecule is CC[C@@H]1CCC[C@@H](O[Si](C(C)C)(C(C)C)C(C)C)[C@H](C)C(=O)C2=C[C@H]3[C@H](C=C[C@H]4C[C@H](O[Si](C)(C)C(C)(C)C)C[C@H]34)[C@H]2CC(=O)O1. The van der Waals surface area contributed by atoms with Gasteiger partial charge >= 0.3 is 5.97 Å². The lowest BCUT2D eigenvalue weighted by atomic mass is 9.70. The molecule has 0 bridgehead atoms. The van der Waals surface area contributed by atoms with Gasteiger partial charge < -0.3 is 13.6 Å². The number of carbonyl (C=O) groups is 2. The van der Waals surface area contributed by atoms with Crippen LogP contribution in [-0.4, -0.2) is 46.7 Å². The Labute approximate surface area is 284 Å². The van der Waals surface area contributed by atoms with Crippen LogP contribution in [0, 0.1) is 35.5 Å². The average Bonchev–Trinajstić information content (AvgIpc) is 3.52. The highest BCUT2D eigenvalue weighted by Gasteiger charge is 2.53. The number of carbonyl (C=O) groups excluding carboxylic acids is 2. The predicted molar refractivity (Wildman–Crippen MR) is 195 cm³/mol. The van der Waals surface area contributed by atoms with Crippen molar-refractivity contribution in [2.75, 3.05) is 0 Å². The highest BCUT2D eigenvalue weighted by atomic mass is 28.4. The molecule has 1 saturated carbocycles. The van der Waals surface area contributed by atoms with Crippen molar-refractivity contribution >= 4 is 28.4 Å². The number of esters is 1. The summed E-state index contributed by atoms with van der Waals surface area (Å²) in [4.78, 5) is 28.2. The number of hydrogen-bond donors (Lipinski definition) is 0. The van der Waals surface area contributed by atoms with E-state index in [0.717, 1.165) is 44.1 Å². The van der Waals surface area contributed by atoms with Crippen LogP contribution in [0.5, 0.6) is 0 Å². The normalized spacial score (nSPS) is 34.6. The Morgan fingerprint density at radius 1 is 0.913 bits per heavy atom. The van der Waals surface area contributed by atoms with Gasteiger partial charge in [-0.15, -0.1) is 0 Å². The topological polar surface area (TPSA) is 61.8 Å². The van der Waals surface area contributed by atoms with Crippen LogP contribution in [0.2, 0.25) is 34.8 Å². The van der Waals surface area contributed by atoms with Crippen LogP contribution in [0.4, 0.5) is 0 Å². The second-order valence-corrected chi connectivity index (χ2v) is 28.0. The summed E-state index contributed by atoms with van der Waals surface area (Å²) in [5.74, 6) is 0.987. The highest BCUT2D eigenvalue weighted by Crippen LogP contribution is 2.55. The van der Waals surface area contributed by atoms with Crippen molar-refractivity contribution in [3.8, 4) is 0 Å². The fraction of sp³-hybridized carbons (Fsp3) is 0.846. The lowest BCUT2D eigenvalue weighted by molar-refractivity contribution is -0.151. The van der Waals surface area contributed by atoms with E-state index in [9.17, 15) is 9.59 Å². The van der Waals surface area contributed by atoms with Crippen molar-refractivity contribution in [1.82, 2.24) is 0 Å². The number of rotatable bonds is 8. The Kier molecular flexibility index (Phi) is 11.9. The van der Waals surface area contributed by atoms with Crippen LogP contribution < -0.4 is 0 Å². The average molecular weight is 673 g/mol. The van der Waals surface area contributed by atoms with Crippen molar-refractivity contribution in [2.45, 2.75) is 174 Å². The summed E-state index contributed by atoms with van der Waals surface area (Å²) >= 11 is 0. The van der Waals surface area contributed by atoms with Gasteiger partial charge in [0, 0.05) is 17.9 Å². The summed E-state index contributed by atoms with van der Waals surface area (Å²) in [5, 5.41) is 0.174. The summed E-state index contributed by atoms with van der Waals surface area (Å²) in [5.41, 5.74) is 2.22. The summed E-state index contributed by atoms with van der Waals surface area (Å²) < 4.78 is 20.5. The quantitative estimate of drug-likeness (QED) is 0.146. The fourth-order valence-corrected chi connectivity index (χ4v) is 16.6. The summed E-state index contributed by atoms with van der Waals surface area (Å²) in [6, 6.07) is 0. The van der Waals surface area contributed by atoms with E-state index in [-0.39, 0.29) is 65.2 Å². The van der Waals surface area contributed by atoms with Gasteiger partial charge in [0.05, 0.1) is 12.5 Å². The number of cyclic esters (lactones) is 1. The number of fused-ring (bicyclic) bond motifs is 5. The molecule has 0 radical (unpaired) electrons. The first-order valence-corrected chi connectivity index (χ1v) is 23.9. The van der Waals surface area contributed by atoms with E-state index >= 15 is 0 Å². The van der Waals surface area contributed by atoms with Crippen LogP contribution in [0.25, 0.3) is 0 Å². The molecule has 4 rings (SSSR count). The highest BCUT2D eigenvalue weighted by molar-refractivity contribution is 6.77. The predicted octanol–water partition coefficient (Wildman–Crippen LogP) is 10.4. The van der Waals surface area contributed by atoms with Gasteiger partial charge in [0.15, 0.2) is 14.1 Å². The molecule has 262 valence electrons. The van der Waals surface area contributed by atoms with Gasteiger partial charge in [-0.2, -0.15) is 0 Å². The van der Waals surface area contributed by atoms with Gasteiger partial charge in [-0.25, -0.2) is 0 Å². The minimum Gasteiger partial charge on any atom is -0.462 e. The monoisotopic (exact) mass is 672 g/mol. The molecule has 0 amide bonds. The van der Waals surface area contributed by atoms with Gasteiger partial charge in [0.2, 0.25) is 8.32 Å². The second-order valence-electron chi connectivity index (χ2n) is 17.8. The Hall–Kier alpha value is -1.03. The standard InChI is InChI=1S/C39H68O5Si2/c1-14-29-16-15-17-36(44-46(24(2)3,25(4)5)26(6)7)27(8)38(41)35-22-33-31(34(35)23-37(40)42-29)19-18-28-20-30(21-32(28)33)43-45(12,13)39(9,10)11/h18-19,22,24-34,36H,14-17,20-21,23H2,1-13H3/t27-,28-,29+,30-,31-,32-,33-,34+,36+/m0/s1. The van der Waals surface area contributed by atoms with Crippen molar-refractivity contribution in [3.05, 3.63) is 23.8 Å². The maximum absolute atomic E-state index is 14.7.